The highest BCUT2D eigenvalue weighted by Gasteiger charge is 2.39. The van der Waals surface area contributed by atoms with Crippen LogP contribution >= 0.6 is 23.4 Å². The molecule has 0 bridgehead atoms. The fourth-order valence-electron chi connectivity index (χ4n) is 1.54. The van der Waals surface area contributed by atoms with Crippen LogP contribution in [0, 0.1) is 0 Å². The molecule has 0 atom stereocenters. The smallest absolute Gasteiger partial charge is 0.251 e. The van der Waals surface area contributed by atoms with E-state index < -0.39 is 13.6 Å². The van der Waals surface area contributed by atoms with Crippen LogP contribution in [-0.2, 0) is 28.2 Å². The van der Waals surface area contributed by atoms with Gasteiger partial charge in [0.15, 0.2) is 5.09 Å². The Morgan fingerprint density at radius 1 is 1.13 bits per heavy atom. The molecule has 0 saturated heterocycles. The SMILES string of the molecule is COCCOC=C(O[Si](C)(C)C(C)(C)C)Sc1ccccn1.COCCOCC(=O)Cl. The maximum atomic E-state index is 10.0. The molecular formula is C21H36ClNO6SSi. The van der Waals surface area contributed by atoms with Crippen LogP contribution in [0.25, 0.3) is 0 Å². The van der Waals surface area contributed by atoms with E-state index in [1.54, 1.807) is 26.7 Å². The standard InChI is InChI=1S/C16H27NO3SSi.C5H9ClO3/c1-16(2,3)22(5,6)20-15(13-19-12-11-18-4)21-14-9-7-8-10-17-14;1-8-2-3-9-4-5(6)7/h7-10,13H,11-12H2,1-6H3;2-4H2,1H3. The summed E-state index contributed by atoms with van der Waals surface area (Å²) in [5.74, 6) is 0. The molecule has 0 fully saturated rings. The van der Waals surface area contributed by atoms with Gasteiger partial charge in [0.05, 0.1) is 19.8 Å². The Morgan fingerprint density at radius 3 is 2.29 bits per heavy atom. The minimum absolute atomic E-state index is 0.0368. The van der Waals surface area contributed by atoms with Gasteiger partial charge in [0.1, 0.15) is 24.5 Å². The second-order valence-corrected chi connectivity index (χ2v) is 14.0. The zero-order valence-electron chi connectivity index (χ0n) is 19.6. The molecule has 10 heteroatoms. The summed E-state index contributed by atoms with van der Waals surface area (Å²) in [4.78, 5) is 14.3. The van der Waals surface area contributed by atoms with Gasteiger partial charge in [-0.1, -0.05) is 26.8 Å². The molecule has 0 N–H and O–H groups in total. The first-order valence-electron chi connectivity index (χ1n) is 9.87. The van der Waals surface area contributed by atoms with E-state index in [4.69, 9.17) is 30.2 Å². The summed E-state index contributed by atoms with van der Waals surface area (Å²) in [5.41, 5.74) is 0. The molecule has 0 aliphatic carbocycles. The van der Waals surface area contributed by atoms with Crippen LogP contribution in [0.1, 0.15) is 20.8 Å². The second kappa shape index (κ2) is 16.5. The third-order valence-corrected chi connectivity index (χ3v) is 9.67. The van der Waals surface area contributed by atoms with Gasteiger partial charge >= 0.3 is 0 Å². The first kappa shape index (κ1) is 29.9. The van der Waals surface area contributed by atoms with Crippen molar-refractivity contribution in [3.8, 4) is 0 Å². The first-order chi connectivity index (χ1) is 14.5. The highest BCUT2D eigenvalue weighted by Crippen LogP contribution is 2.40. The van der Waals surface area contributed by atoms with Gasteiger partial charge in [0, 0.05) is 20.4 Å². The summed E-state index contributed by atoms with van der Waals surface area (Å²) >= 11 is 6.44. The van der Waals surface area contributed by atoms with Gasteiger partial charge < -0.3 is 23.4 Å². The molecule has 1 heterocycles. The molecule has 0 aliphatic rings. The predicted octanol–water partition coefficient (Wildman–Crippen LogP) is 5.07. The maximum Gasteiger partial charge on any atom is 0.251 e. The summed E-state index contributed by atoms with van der Waals surface area (Å²) in [6, 6.07) is 5.82. The monoisotopic (exact) mass is 493 g/mol. The number of carbonyl (C=O) groups excluding carboxylic acids is 1. The molecule has 0 unspecified atom stereocenters. The van der Waals surface area contributed by atoms with Crippen molar-refractivity contribution in [2.75, 3.05) is 47.3 Å². The van der Waals surface area contributed by atoms with Crippen molar-refractivity contribution in [2.45, 2.75) is 43.9 Å². The van der Waals surface area contributed by atoms with Crippen LogP contribution in [0.5, 0.6) is 0 Å². The number of rotatable bonds is 13. The van der Waals surface area contributed by atoms with Crippen molar-refractivity contribution >= 4 is 36.9 Å². The summed E-state index contributed by atoms with van der Waals surface area (Å²) in [5, 5.41) is 1.29. The fourth-order valence-corrected chi connectivity index (χ4v) is 3.85. The van der Waals surface area contributed by atoms with E-state index in [1.807, 2.05) is 18.2 Å². The Labute approximate surface area is 196 Å². The van der Waals surface area contributed by atoms with Crippen LogP contribution in [0.2, 0.25) is 18.1 Å². The van der Waals surface area contributed by atoms with E-state index >= 15 is 0 Å². The first-order valence-corrected chi connectivity index (χ1v) is 14.0. The third kappa shape index (κ3) is 15.4. The lowest BCUT2D eigenvalue weighted by Gasteiger charge is -2.36. The van der Waals surface area contributed by atoms with Gasteiger partial charge in [-0.2, -0.15) is 0 Å². The molecule has 0 aromatic carbocycles. The van der Waals surface area contributed by atoms with Crippen LogP contribution < -0.4 is 0 Å². The highest BCUT2D eigenvalue weighted by atomic mass is 35.5. The van der Waals surface area contributed by atoms with Crippen molar-refractivity contribution in [3.63, 3.8) is 0 Å². The molecule has 0 spiro atoms. The van der Waals surface area contributed by atoms with Crippen LogP contribution in [-0.4, -0.2) is 65.8 Å². The quantitative estimate of drug-likeness (QED) is 0.124. The van der Waals surface area contributed by atoms with E-state index in [0.29, 0.717) is 26.4 Å². The molecule has 1 aromatic rings. The topological polar surface area (TPSA) is 76.1 Å². The molecule has 0 aliphatic heterocycles. The number of pyridine rings is 1. The summed E-state index contributed by atoms with van der Waals surface area (Å²) in [6.07, 6.45) is 3.46. The molecule has 1 aromatic heterocycles. The van der Waals surface area contributed by atoms with Crippen LogP contribution in [0.3, 0.4) is 0 Å². The van der Waals surface area contributed by atoms with E-state index in [9.17, 15) is 4.79 Å². The van der Waals surface area contributed by atoms with E-state index in [2.05, 4.69) is 43.6 Å². The molecule has 31 heavy (non-hydrogen) atoms. The van der Waals surface area contributed by atoms with E-state index in [0.717, 1.165) is 10.1 Å². The van der Waals surface area contributed by atoms with Crippen molar-refractivity contribution in [1.82, 2.24) is 4.98 Å². The number of carbonyl (C=O) groups is 1. The summed E-state index contributed by atoms with van der Waals surface area (Å²) < 4.78 is 26.2. The second-order valence-electron chi connectivity index (χ2n) is 7.83. The minimum Gasteiger partial charge on any atom is -0.537 e. The van der Waals surface area contributed by atoms with Gasteiger partial charge in [-0.25, -0.2) is 4.98 Å². The normalized spacial score (nSPS) is 12.1. The number of halogens is 1. The highest BCUT2D eigenvalue weighted by molar-refractivity contribution is 8.02. The molecular weight excluding hydrogens is 458 g/mol. The van der Waals surface area contributed by atoms with Crippen molar-refractivity contribution in [3.05, 3.63) is 35.7 Å². The lowest BCUT2D eigenvalue weighted by atomic mass is 10.2. The Bertz CT molecular complexity index is 641. The van der Waals surface area contributed by atoms with Gasteiger partial charge in [-0.05, 0) is 53.6 Å². The number of hydrogen-bond donors (Lipinski definition) is 0. The zero-order chi connectivity index (χ0) is 23.8. The minimum atomic E-state index is -1.92. The average Bonchev–Trinajstić information content (AvgIpc) is 2.68. The molecule has 0 radical (unpaired) electrons. The number of hydrogen-bond acceptors (Lipinski definition) is 8. The third-order valence-electron chi connectivity index (χ3n) is 4.24. The van der Waals surface area contributed by atoms with E-state index in [1.165, 1.54) is 11.8 Å². The largest absolute Gasteiger partial charge is 0.537 e. The van der Waals surface area contributed by atoms with Crippen molar-refractivity contribution in [1.29, 1.82) is 0 Å². The van der Waals surface area contributed by atoms with Crippen LogP contribution in [0.15, 0.2) is 40.8 Å². The number of aromatic nitrogens is 1. The van der Waals surface area contributed by atoms with Crippen molar-refractivity contribution in [2.24, 2.45) is 0 Å². The summed E-state index contributed by atoms with van der Waals surface area (Å²) in [6.45, 7) is 13.0. The zero-order valence-corrected chi connectivity index (χ0v) is 22.2. The number of ether oxygens (including phenoxy) is 4. The molecule has 178 valence electrons. The van der Waals surface area contributed by atoms with Gasteiger partial charge in [-0.15, -0.1) is 0 Å². The summed E-state index contributed by atoms with van der Waals surface area (Å²) in [7, 11) is 1.30. The van der Waals surface area contributed by atoms with Gasteiger partial charge in [0.2, 0.25) is 5.24 Å². The van der Waals surface area contributed by atoms with Crippen molar-refractivity contribution < 1.29 is 28.2 Å². The van der Waals surface area contributed by atoms with Gasteiger partial charge in [0.25, 0.3) is 8.32 Å². The maximum absolute atomic E-state index is 10.0. The molecule has 0 amide bonds. The Kier molecular flexibility index (Phi) is 15.9. The van der Waals surface area contributed by atoms with E-state index in [-0.39, 0.29) is 11.6 Å². The lowest BCUT2D eigenvalue weighted by molar-refractivity contribution is -0.116. The molecule has 1 rings (SSSR count). The van der Waals surface area contributed by atoms with Gasteiger partial charge in [-0.3, -0.25) is 4.79 Å². The number of methoxy groups -OCH3 is 2. The fraction of sp³-hybridized carbons (Fsp3) is 0.619. The number of thioether (sulfide) groups is 1. The molecule has 7 nitrogen and oxygen atoms in total. The molecule has 0 saturated carbocycles. The Morgan fingerprint density at radius 2 is 1.77 bits per heavy atom. The Balaban J connectivity index is 0.000000842. The van der Waals surface area contributed by atoms with Crippen LogP contribution in [0.4, 0.5) is 0 Å². The predicted molar refractivity (Wildman–Crippen MR) is 128 cm³/mol. The average molecular weight is 494 g/mol. The lowest BCUT2D eigenvalue weighted by Crippen LogP contribution is -2.40. The number of nitrogens with zero attached hydrogens (tertiary/aromatic N) is 1. The Hall–Kier alpha value is -1.10.